The predicted octanol–water partition coefficient (Wildman–Crippen LogP) is -0.363. The monoisotopic (exact) mass is 367 g/mol. The smallest absolute Gasteiger partial charge is 0.324 e. The van der Waals surface area contributed by atoms with Crippen molar-refractivity contribution in [3.63, 3.8) is 0 Å². The summed E-state index contributed by atoms with van der Waals surface area (Å²) in [7, 11) is 0. The Kier molecular flexibility index (Phi) is 7.32. The Bertz CT molecular complexity index is 353. The summed E-state index contributed by atoms with van der Waals surface area (Å²) in [6.45, 7) is 6.72. The van der Waals surface area contributed by atoms with E-state index < -0.39 is 0 Å². The van der Waals surface area contributed by atoms with E-state index in [2.05, 4.69) is 22.2 Å². The van der Waals surface area contributed by atoms with Crippen molar-refractivity contribution in [3.8, 4) is 0 Å². The molecule has 0 bridgehead atoms. The Morgan fingerprint density at radius 3 is 2.78 bits per heavy atom. The molecule has 1 fully saturated rings. The van der Waals surface area contributed by atoms with Crippen LogP contribution in [0, 0.1) is 0 Å². The molecule has 0 radical (unpaired) electrons. The summed E-state index contributed by atoms with van der Waals surface area (Å²) >= 11 is 0. The number of nitrogens with two attached hydrogens (primary N) is 1. The molecule has 0 spiro atoms. The van der Waals surface area contributed by atoms with Gasteiger partial charge in [0.05, 0.1) is 13.1 Å². The van der Waals surface area contributed by atoms with E-state index in [1.807, 2.05) is 6.92 Å². The molecule has 1 saturated heterocycles. The molecule has 0 aromatic heterocycles. The fourth-order valence-electron chi connectivity index (χ4n) is 1.25. The molecule has 7 nitrogen and oxygen atoms in total. The molecule has 0 aliphatic carbocycles. The van der Waals surface area contributed by atoms with Gasteiger partial charge in [0, 0.05) is 13.1 Å². The highest BCUT2D eigenvalue weighted by molar-refractivity contribution is 14.0. The van der Waals surface area contributed by atoms with Crippen LogP contribution in [0.3, 0.4) is 0 Å². The van der Waals surface area contributed by atoms with Gasteiger partial charge in [-0.25, -0.2) is 9.79 Å². The number of carbonyl (C=O) groups excluding carboxylic acids is 2. The molecular weight excluding hydrogens is 349 g/mol. The van der Waals surface area contributed by atoms with Gasteiger partial charge in [-0.1, -0.05) is 12.2 Å². The van der Waals surface area contributed by atoms with E-state index in [1.54, 1.807) is 0 Å². The van der Waals surface area contributed by atoms with Gasteiger partial charge in [0.2, 0.25) is 5.91 Å². The Labute approximate surface area is 123 Å². The fourth-order valence-corrected chi connectivity index (χ4v) is 1.25. The quantitative estimate of drug-likeness (QED) is 0.203. The number of hydrogen-bond acceptors (Lipinski definition) is 3. The van der Waals surface area contributed by atoms with Gasteiger partial charge in [-0.2, -0.15) is 0 Å². The van der Waals surface area contributed by atoms with Crippen LogP contribution < -0.4 is 16.4 Å². The number of urea groups is 1. The second-order valence-corrected chi connectivity index (χ2v) is 3.79. The number of carbonyl (C=O) groups is 2. The summed E-state index contributed by atoms with van der Waals surface area (Å²) < 4.78 is 0. The van der Waals surface area contributed by atoms with Crippen molar-refractivity contribution >= 4 is 41.9 Å². The Morgan fingerprint density at radius 2 is 2.28 bits per heavy atom. The maximum absolute atomic E-state index is 11.2. The van der Waals surface area contributed by atoms with Crippen molar-refractivity contribution in [1.82, 2.24) is 15.5 Å². The maximum Gasteiger partial charge on any atom is 0.324 e. The summed E-state index contributed by atoms with van der Waals surface area (Å²) in [6.07, 6.45) is 0. The number of halogens is 1. The third-order valence-electron chi connectivity index (χ3n) is 2.10. The van der Waals surface area contributed by atoms with Crippen molar-refractivity contribution < 1.29 is 9.59 Å². The van der Waals surface area contributed by atoms with Crippen molar-refractivity contribution in [2.24, 2.45) is 10.7 Å². The molecule has 18 heavy (non-hydrogen) atoms. The molecule has 1 aliphatic heterocycles. The SMILES string of the molecule is C=C(C)CN=C(N)NCCN1C(=O)CNC1=O.I. The molecule has 0 saturated carbocycles. The molecule has 4 N–H and O–H groups in total. The number of hydrogen-bond donors (Lipinski definition) is 3. The van der Waals surface area contributed by atoms with Crippen molar-refractivity contribution in [2.75, 3.05) is 26.2 Å². The first-order valence-electron chi connectivity index (χ1n) is 5.27. The number of guanidine groups is 1. The van der Waals surface area contributed by atoms with E-state index in [1.165, 1.54) is 0 Å². The number of imide groups is 1. The van der Waals surface area contributed by atoms with E-state index in [9.17, 15) is 9.59 Å². The highest BCUT2D eigenvalue weighted by Gasteiger charge is 2.27. The first-order chi connectivity index (χ1) is 8.00. The predicted molar refractivity (Wildman–Crippen MR) is 79.8 cm³/mol. The lowest BCUT2D eigenvalue weighted by Crippen LogP contribution is -2.41. The molecule has 102 valence electrons. The Hall–Kier alpha value is -1.32. The van der Waals surface area contributed by atoms with E-state index in [4.69, 9.17) is 5.73 Å². The molecule has 8 heteroatoms. The van der Waals surface area contributed by atoms with E-state index >= 15 is 0 Å². The fraction of sp³-hybridized carbons (Fsp3) is 0.500. The first-order valence-corrected chi connectivity index (χ1v) is 5.27. The second-order valence-electron chi connectivity index (χ2n) is 3.79. The van der Waals surface area contributed by atoms with Crippen molar-refractivity contribution in [3.05, 3.63) is 12.2 Å². The molecular formula is C10H18IN5O2. The minimum absolute atomic E-state index is 0. The zero-order valence-corrected chi connectivity index (χ0v) is 12.6. The van der Waals surface area contributed by atoms with Crippen LogP contribution in [0.25, 0.3) is 0 Å². The molecule has 0 unspecified atom stereocenters. The van der Waals surface area contributed by atoms with Crippen LogP contribution in [0.4, 0.5) is 4.79 Å². The zero-order valence-electron chi connectivity index (χ0n) is 10.2. The first kappa shape index (κ1) is 16.7. The average Bonchev–Trinajstić information content (AvgIpc) is 2.57. The standard InChI is InChI=1S/C10H17N5O2.HI/c1-7(2)5-13-9(11)12-3-4-15-8(16)6-14-10(15)17;/h1,3-6H2,2H3,(H,14,17)(H3,11,12,13);1H. The topological polar surface area (TPSA) is 99.8 Å². The van der Waals surface area contributed by atoms with Gasteiger partial charge in [-0.05, 0) is 6.92 Å². The highest BCUT2D eigenvalue weighted by Crippen LogP contribution is 1.96. The molecule has 1 heterocycles. The summed E-state index contributed by atoms with van der Waals surface area (Å²) in [6, 6.07) is -0.366. The molecule has 1 rings (SSSR count). The van der Waals surface area contributed by atoms with Crippen LogP contribution >= 0.6 is 24.0 Å². The highest BCUT2D eigenvalue weighted by atomic mass is 127. The van der Waals surface area contributed by atoms with E-state index in [0.29, 0.717) is 13.1 Å². The zero-order chi connectivity index (χ0) is 12.8. The normalized spacial score (nSPS) is 15.2. The van der Waals surface area contributed by atoms with Crippen molar-refractivity contribution in [2.45, 2.75) is 6.92 Å². The van der Waals surface area contributed by atoms with Crippen LogP contribution in [0.15, 0.2) is 17.1 Å². The lowest BCUT2D eigenvalue weighted by molar-refractivity contribution is -0.124. The minimum atomic E-state index is -0.366. The number of amides is 3. The van der Waals surface area contributed by atoms with Gasteiger partial charge in [-0.15, -0.1) is 24.0 Å². The van der Waals surface area contributed by atoms with Crippen LogP contribution in [0.1, 0.15) is 6.92 Å². The summed E-state index contributed by atoms with van der Waals surface area (Å²) in [5.74, 6) is 0.0503. The van der Waals surface area contributed by atoms with Crippen LogP contribution in [0.2, 0.25) is 0 Å². The van der Waals surface area contributed by atoms with E-state index in [-0.39, 0.29) is 55.0 Å². The van der Waals surface area contributed by atoms with E-state index in [0.717, 1.165) is 10.5 Å². The largest absolute Gasteiger partial charge is 0.370 e. The van der Waals surface area contributed by atoms with Gasteiger partial charge in [0.15, 0.2) is 5.96 Å². The minimum Gasteiger partial charge on any atom is -0.370 e. The summed E-state index contributed by atoms with van der Waals surface area (Å²) in [4.78, 5) is 27.5. The third-order valence-corrected chi connectivity index (χ3v) is 2.10. The van der Waals surface area contributed by atoms with Crippen LogP contribution in [-0.2, 0) is 4.79 Å². The molecule has 0 aromatic rings. The average molecular weight is 367 g/mol. The maximum atomic E-state index is 11.2. The number of rotatable bonds is 5. The lowest BCUT2D eigenvalue weighted by Gasteiger charge is -2.12. The molecule has 0 atom stereocenters. The summed E-state index contributed by atoms with van der Waals surface area (Å²) in [5, 5.41) is 5.25. The molecule has 3 amide bonds. The molecule has 0 aromatic carbocycles. The van der Waals surface area contributed by atoms with Gasteiger partial charge in [0.25, 0.3) is 0 Å². The lowest BCUT2D eigenvalue weighted by atomic mass is 10.4. The van der Waals surface area contributed by atoms with Gasteiger partial charge >= 0.3 is 6.03 Å². The van der Waals surface area contributed by atoms with Crippen LogP contribution in [-0.4, -0.2) is 49.0 Å². The van der Waals surface area contributed by atoms with Gasteiger partial charge in [0.1, 0.15) is 0 Å². The van der Waals surface area contributed by atoms with Crippen LogP contribution in [0.5, 0.6) is 0 Å². The second kappa shape index (κ2) is 7.90. The Morgan fingerprint density at radius 1 is 1.61 bits per heavy atom. The van der Waals surface area contributed by atoms with Gasteiger partial charge < -0.3 is 16.4 Å². The molecule has 1 aliphatic rings. The summed E-state index contributed by atoms with van der Waals surface area (Å²) in [5.41, 5.74) is 6.48. The van der Waals surface area contributed by atoms with Gasteiger partial charge in [-0.3, -0.25) is 9.69 Å². The number of aliphatic imine (C=N–C) groups is 1. The third kappa shape index (κ3) is 5.34. The Balaban J connectivity index is 0.00000289. The number of nitrogens with one attached hydrogen (secondary N) is 2. The number of nitrogens with zero attached hydrogens (tertiary/aromatic N) is 2. The van der Waals surface area contributed by atoms with Crippen molar-refractivity contribution in [1.29, 1.82) is 0 Å².